The minimum atomic E-state index is -4.97. The first-order valence-corrected chi connectivity index (χ1v) is 9.13. The van der Waals surface area contributed by atoms with E-state index in [1.807, 2.05) is 6.07 Å². The molecule has 2 aromatic heterocycles. The van der Waals surface area contributed by atoms with Crippen LogP contribution in [0.3, 0.4) is 0 Å². The van der Waals surface area contributed by atoms with Gasteiger partial charge < -0.3 is 0 Å². The number of amides is 1. The summed E-state index contributed by atoms with van der Waals surface area (Å²) in [6.07, 6.45) is -4.97. The summed E-state index contributed by atoms with van der Waals surface area (Å²) in [5.41, 5.74) is -1.89. The first kappa shape index (κ1) is 19.6. The van der Waals surface area contributed by atoms with Crippen molar-refractivity contribution >= 4 is 22.4 Å². The van der Waals surface area contributed by atoms with Crippen LogP contribution >= 0.6 is 11.3 Å². The average Bonchev–Trinajstić information content (AvgIpc) is 3.36. The molecule has 1 N–H and O–H groups in total. The second-order valence-corrected chi connectivity index (χ2v) is 6.89. The van der Waals surface area contributed by atoms with Gasteiger partial charge in [-0.2, -0.15) is 13.2 Å². The van der Waals surface area contributed by atoms with E-state index >= 15 is 0 Å². The van der Waals surface area contributed by atoms with E-state index in [2.05, 4.69) is 25.8 Å². The first-order valence-electron chi connectivity index (χ1n) is 8.32. The molecule has 0 saturated carbocycles. The summed E-state index contributed by atoms with van der Waals surface area (Å²) in [5, 5.41) is 17.2. The molecule has 0 radical (unpaired) electrons. The molecule has 0 aliphatic rings. The van der Waals surface area contributed by atoms with Gasteiger partial charge in [-0.15, -0.1) is 15.3 Å². The lowest BCUT2D eigenvalue weighted by atomic mass is 10.2. The maximum Gasteiger partial charge on any atom is 0.435 e. The van der Waals surface area contributed by atoms with Gasteiger partial charge in [0.05, 0.1) is 5.69 Å². The number of nitrogens with one attached hydrogen (secondary N) is 1. The number of nitrogens with zero attached hydrogens (tertiary/aromatic N) is 5. The van der Waals surface area contributed by atoms with Crippen LogP contribution in [0.15, 0.2) is 54.6 Å². The van der Waals surface area contributed by atoms with Gasteiger partial charge in [-0.05, 0) is 18.2 Å². The van der Waals surface area contributed by atoms with E-state index in [4.69, 9.17) is 0 Å². The molecule has 0 aliphatic heterocycles. The Labute approximate surface area is 170 Å². The smallest absolute Gasteiger partial charge is 0.295 e. The highest BCUT2D eigenvalue weighted by molar-refractivity contribution is 7.18. The van der Waals surface area contributed by atoms with Gasteiger partial charge in [0.15, 0.2) is 11.4 Å². The highest BCUT2D eigenvalue weighted by Gasteiger charge is 2.42. The van der Waals surface area contributed by atoms with Crippen molar-refractivity contribution in [3.05, 3.63) is 71.8 Å². The van der Waals surface area contributed by atoms with Crippen LogP contribution in [0.25, 0.3) is 16.3 Å². The number of carbonyl (C=O) groups excluding carboxylic acids is 1. The van der Waals surface area contributed by atoms with Gasteiger partial charge in [0.2, 0.25) is 5.13 Å². The van der Waals surface area contributed by atoms with Crippen molar-refractivity contribution in [1.82, 2.24) is 25.2 Å². The van der Waals surface area contributed by atoms with E-state index in [1.165, 1.54) is 12.1 Å². The van der Waals surface area contributed by atoms with Gasteiger partial charge in [-0.25, -0.2) is 9.07 Å². The number of benzene rings is 2. The third-order valence-electron chi connectivity index (χ3n) is 3.87. The second-order valence-electron chi connectivity index (χ2n) is 5.91. The first-order chi connectivity index (χ1) is 14.3. The number of anilines is 1. The quantitative estimate of drug-likeness (QED) is 0.487. The number of hydrogen-bond acceptors (Lipinski definition) is 6. The van der Waals surface area contributed by atoms with E-state index in [1.54, 1.807) is 24.3 Å². The van der Waals surface area contributed by atoms with E-state index in [-0.39, 0.29) is 10.8 Å². The predicted octanol–water partition coefficient (Wildman–Crippen LogP) is 4.20. The second kappa shape index (κ2) is 7.63. The molecule has 0 fully saturated rings. The number of hydrogen-bond donors (Lipinski definition) is 1. The maximum absolute atomic E-state index is 13.7. The molecule has 4 rings (SSSR count). The number of carbonyl (C=O) groups is 1. The molecule has 0 saturated heterocycles. The largest absolute Gasteiger partial charge is 0.435 e. The minimum Gasteiger partial charge on any atom is -0.295 e. The molecule has 2 aromatic carbocycles. The van der Waals surface area contributed by atoms with Crippen molar-refractivity contribution < 1.29 is 22.4 Å². The summed E-state index contributed by atoms with van der Waals surface area (Å²) in [5.74, 6) is -1.93. The minimum absolute atomic E-state index is 0.00715. The van der Waals surface area contributed by atoms with Crippen molar-refractivity contribution in [1.29, 1.82) is 0 Å². The third-order valence-corrected chi connectivity index (χ3v) is 4.76. The van der Waals surface area contributed by atoms with Crippen molar-refractivity contribution in [2.75, 3.05) is 5.32 Å². The molecular weight excluding hydrogens is 424 g/mol. The highest BCUT2D eigenvalue weighted by Crippen LogP contribution is 2.33. The molecular formula is C18H10F4N6OS. The summed E-state index contributed by atoms with van der Waals surface area (Å²) < 4.78 is 54.8. The Hall–Kier alpha value is -3.67. The van der Waals surface area contributed by atoms with Gasteiger partial charge in [-0.3, -0.25) is 10.1 Å². The number of aromatic nitrogens is 5. The Morgan fingerprint density at radius 1 is 1.00 bits per heavy atom. The average molecular weight is 434 g/mol. The van der Waals surface area contributed by atoms with E-state index in [0.717, 1.165) is 29.0 Å². The lowest BCUT2D eigenvalue weighted by Crippen LogP contribution is -2.21. The zero-order valence-corrected chi connectivity index (χ0v) is 15.6. The topological polar surface area (TPSA) is 85.6 Å². The van der Waals surface area contributed by atoms with E-state index in [0.29, 0.717) is 9.69 Å². The fraction of sp³-hybridized carbons (Fsp3) is 0.0556. The monoisotopic (exact) mass is 434 g/mol. The Morgan fingerprint density at radius 2 is 1.77 bits per heavy atom. The Balaban J connectivity index is 1.66. The molecule has 152 valence electrons. The number of alkyl halides is 3. The van der Waals surface area contributed by atoms with Crippen molar-refractivity contribution in [3.63, 3.8) is 0 Å². The van der Waals surface area contributed by atoms with E-state index in [9.17, 15) is 22.4 Å². The lowest BCUT2D eigenvalue weighted by Gasteiger charge is -2.10. The third kappa shape index (κ3) is 3.89. The Morgan fingerprint density at radius 3 is 2.47 bits per heavy atom. The molecule has 12 heteroatoms. The van der Waals surface area contributed by atoms with Crippen LogP contribution in [0, 0.1) is 5.82 Å². The molecule has 1 amide bonds. The lowest BCUT2D eigenvalue weighted by molar-refractivity contribution is -0.143. The van der Waals surface area contributed by atoms with E-state index < -0.39 is 29.3 Å². The Kier molecular flexibility index (Phi) is 4.99. The van der Waals surface area contributed by atoms with Gasteiger partial charge in [0.25, 0.3) is 5.91 Å². The molecule has 30 heavy (non-hydrogen) atoms. The fourth-order valence-electron chi connectivity index (χ4n) is 2.61. The summed E-state index contributed by atoms with van der Waals surface area (Å²) in [4.78, 5) is 12.5. The van der Waals surface area contributed by atoms with Crippen LogP contribution in [0.2, 0.25) is 0 Å². The molecule has 0 bridgehead atoms. The van der Waals surface area contributed by atoms with Crippen molar-refractivity contribution in [2.24, 2.45) is 0 Å². The molecule has 2 heterocycles. The maximum atomic E-state index is 13.7. The normalized spacial score (nSPS) is 11.5. The standard InChI is InChI=1S/C18H10F4N6OS/c19-11-7-4-8-12(9-11)28-14(18(20,21)22)13(24-27-28)15(29)23-17-26-25-16(30-17)10-5-2-1-3-6-10/h1-9H,(H,23,26,29). The molecule has 0 aliphatic carbocycles. The zero-order valence-electron chi connectivity index (χ0n) is 14.8. The molecule has 4 aromatic rings. The Bertz CT molecular complexity index is 1200. The van der Waals surface area contributed by atoms with Gasteiger partial charge in [0, 0.05) is 5.56 Å². The fourth-order valence-corrected chi connectivity index (χ4v) is 3.35. The molecule has 0 spiro atoms. The van der Waals surface area contributed by atoms with Crippen LogP contribution in [0.5, 0.6) is 0 Å². The van der Waals surface area contributed by atoms with Crippen LogP contribution in [-0.4, -0.2) is 31.1 Å². The summed E-state index contributed by atoms with van der Waals surface area (Å²) in [6.45, 7) is 0. The highest BCUT2D eigenvalue weighted by atomic mass is 32.1. The SMILES string of the molecule is O=C(Nc1nnc(-c2ccccc2)s1)c1nnn(-c2cccc(F)c2)c1C(F)(F)F. The van der Waals surface area contributed by atoms with Gasteiger partial charge >= 0.3 is 6.18 Å². The summed E-state index contributed by atoms with van der Waals surface area (Å²) in [6, 6.07) is 13.3. The van der Waals surface area contributed by atoms with Crippen LogP contribution in [0.1, 0.15) is 16.2 Å². The zero-order chi connectivity index (χ0) is 21.3. The van der Waals surface area contributed by atoms with Crippen molar-refractivity contribution in [3.8, 4) is 16.3 Å². The number of rotatable bonds is 4. The van der Waals surface area contributed by atoms with Crippen LogP contribution in [0.4, 0.5) is 22.7 Å². The predicted molar refractivity (Wildman–Crippen MR) is 99.6 cm³/mol. The van der Waals surface area contributed by atoms with Gasteiger partial charge in [0.1, 0.15) is 10.8 Å². The number of halogens is 4. The van der Waals surface area contributed by atoms with Crippen LogP contribution < -0.4 is 5.32 Å². The van der Waals surface area contributed by atoms with Crippen molar-refractivity contribution in [2.45, 2.75) is 6.18 Å². The molecule has 0 unspecified atom stereocenters. The molecule has 7 nitrogen and oxygen atoms in total. The van der Waals surface area contributed by atoms with Gasteiger partial charge in [-0.1, -0.05) is 52.9 Å². The summed E-state index contributed by atoms with van der Waals surface area (Å²) >= 11 is 0.987. The molecule has 0 atom stereocenters. The summed E-state index contributed by atoms with van der Waals surface area (Å²) in [7, 11) is 0. The van der Waals surface area contributed by atoms with Crippen LogP contribution in [-0.2, 0) is 6.18 Å².